The lowest BCUT2D eigenvalue weighted by atomic mass is 10.2. The van der Waals surface area contributed by atoms with Crippen LogP contribution in [0.3, 0.4) is 0 Å². The molecule has 0 amide bonds. The zero-order valence-electron chi connectivity index (χ0n) is 8.77. The van der Waals surface area contributed by atoms with Gasteiger partial charge in [0.1, 0.15) is 0 Å². The molecule has 1 aromatic heterocycles. The third-order valence-electron chi connectivity index (χ3n) is 2.10. The Hall–Kier alpha value is -0.930. The maximum atomic E-state index is 4.44. The number of aromatic nitrogens is 2. The second-order valence-electron chi connectivity index (χ2n) is 3.28. The SMILES string of the molecule is Cc1n[n+](Cc2ccccc2)c(C)s1.[Cl-]. The fourth-order valence-corrected chi connectivity index (χ4v) is 2.21. The average molecular weight is 241 g/mol. The minimum absolute atomic E-state index is 0. The molecule has 15 heavy (non-hydrogen) atoms. The van der Waals surface area contributed by atoms with Crippen LogP contribution in [0.15, 0.2) is 30.3 Å². The summed E-state index contributed by atoms with van der Waals surface area (Å²) < 4.78 is 2.05. The zero-order chi connectivity index (χ0) is 9.97. The van der Waals surface area contributed by atoms with Gasteiger partial charge in [0.25, 0.3) is 5.01 Å². The molecule has 0 saturated heterocycles. The van der Waals surface area contributed by atoms with Gasteiger partial charge in [-0.05, 0) is 6.92 Å². The van der Waals surface area contributed by atoms with Gasteiger partial charge in [0.2, 0.25) is 6.54 Å². The second-order valence-corrected chi connectivity index (χ2v) is 4.67. The number of halogens is 1. The Bertz CT molecular complexity index is 425. The van der Waals surface area contributed by atoms with Crippen molar-refractivity contribution in [3.63, 3.8) is 0 Å². The van der Waals surface area contributed by atoms with Crippen molar-refractivity contribution >= 4 is 11.3 Å². The molecule has 0 atom stereocenters. The van der Waals surface area contributed by atoms with E-state index in [1.165, 1.54) is 10.6 Å². The largest absolute Gasteiger partial charge is 1.00 e. The Morgan fingerprint density at radius 2 is 1.87 bits per heavy atom. The monoisotopic (exact) mass is 240 g/mol. The van der Waals surface area contributed by atoms with E-state index in [4.69, 9.17) is 0 Å². The molecule has 0 aliphatic heterocycles. The lowest BCUT2D eigenvalue weighted by Crippen LogP contribution is -3.00. The number of benzene rings is 1. The molecule has 0 unspecified atom stereocenters. The van der Waals surface area contributed by atoms with E-state index in [-0.39, 0.29) is 12.4 Å². The average Bonchev–Trinajstić information content (AvgIpc) is 2.47. The first-order valence-electron chi connectivity index (χ1n) is 4.64. The van der Waals surface area contributed by atoms with Crippen molar-refractivity contribution in [1.29, 1.82) is 0 Å². The topological polar surface area (TPSA) is 16.8 Å². The van der Waals surface area contributed by atoms with E-state index in [1.54, 1.807) is 11.3 Å². The van der Waals surface area contributed by atoms with Gasteiger partial charge in [0.15, 0.2) is 5.01 Å². The van der Waals surface area contributed by atoms with Gasteiger partial charge in [-0.1, -0.05) is 46.4 Å². The predicted octanol–water partition coefficient (Wildman–Crippen LogP) is -0.900. The molecule has 0 bridgehead atoms. The molecule has 2 nitrogen and oxygen atoms in total. The van der Waals surface area contributed by atoms with Crippen LogP contribution in [0.25, 0.3) is 0 Å². The van der Waals surface area contributed by atoms with Crippen molar-refractivity contribution in [1.82, 2.24) is 5.10 Å². The van der Waals surface area contributed by atoms with Gasteiger partial charge >= 0.3 is 0 Å². The fourth-order valence-electron chi connectivity index (χ4n) is 1.43. The smallest absolute Gasteiger partial charge is 0.262 e. The van der Waals surface area contributed by atoms with E-state index in [1.807, 2.05) is 13.0 Å². The van der Waals surface area contributed by atoms with E-state index in [2.05, 4.69) is 41.0 Å². The van der Waals surface area contributed by atoms with Crippen molar-refractivity contribution in [2.75, 3.05) is 0 Å². The molecule has 2 rings (SSSR count). The van der Waals surface area contributed by atoms with E-state index in [0.717, 1.165) is 11.6 Å². The summed E-state index contributed by atoms with van der Waals surface area (Å²) in [5.74, 6) is 0. The summed E-state index contributed by atoms with van der Waals surface area (Å²) in [7, 11) is 0. The Labute approximate surface area is 100.0 Å². The normalized spacial score (nSPS) is 9.73. The molecule has 1 heterocycles. The molecule has 2 aromatic rings. The van der Waals surface area contributed by atoms with Crippen molar-refractivity contribution in [3.05, 3.63) is 45.9 Å². The van der Waals surface area contributed by atoms with Crippen LogP contribution in [0, 0.1) is 13.8 Å². The second kappa shape index (κ2) is 5.24. The number of nitrogens with zero attached hydrogens (tertiary/aromatic N) is 2. The van der Waals surface area contributed by atoms with Gasteiger partial charge < -0.3 is 12.4 Å². The highest BCUT2D eigenvalue weighted by Gasteiger charge is 2.12. The van der Waals surface area contributed by atoms with Gasteiger partial charge in [-0.3, -0.25) is 0 Å². The Morgan fingerprint density at radius 3 is 2.40 bits per heavy atom. The zero-order valence-corrected chi connectivity index (χ0v) is 10.3. The quantitative estimate of drug-likeness (QED) is 0.622. The number of rotatable bonds is 2. The van der Waals surface area contributed by atoms with Gasteiger partial charge in [0.05, 0.1) is 0 Å². The van der Waals surface area contributed by atoms with Crippen LogP contribution in [0.2, 0.25) is 0 Å². The van der Waals surface area contributed by atoms with E-state index < -0.39 is 0 Å². The summed E-state index contributed by atoms with van der Waals surface area (Å²) in [5, 5.41) is 6.82. The summed E-state index contributed by atoms with van der Waals surface area (Å²) >= 11 is 1.74. The first-order valence-corrected chi connectivity index (χ1v) is 5.45. The van der Waals surface area contributed by atoms with Crippen LogP contribution in [0.5, 0.6) is 0 Å². The third kappa shape index (κ3) is 3.01. The fraction of sp³-hybridized carbons (Fsp3) is 0.273. The third-order valence-corrected chi connectivity index (χ3v) is 2.98. The van der Waals surface area contributed by atoms with E-state index in [9.17, 15) is 0 Å². The summed E-state index contributed by atoms with van der Waals surface area (Å²) in [6.45, 7) is 5.02. The molecule has 0 spiro atoms. The molecule has 0 aliphatic rings. The van der Waals surface area contributed by atoms with Crippen molar-refractivity contribution in [3.8, 4) is 0 Å². The van der Waals surface area contributed by atoms with Crippen LogP contribution in [-0.2, 0) is 6.54 Å². The molecule has 0 fully saturated rings. The minimum atomic E-state index is 0. The van der Waals surface area contributed by atoms with E-state index >= 15 is 0 Å². The molecule has 0 N–H and O–H groups in total. The highest BCUT2D eigenvalue weighted by atomic mass is 35.5. The maximum absolute atomic E-state index is 4.44. The van der Waals surface area contributed by atoms with Crippen LogP contribution < -0.4 is 17.1 Å². The van der Waals surface area contributed by atoms with Crippen LogP contribution in [0.4, 0.5) is 0 Å². The summed E-state index contributed by atoms with van der Waals surface area (Å²) in [5.41, 5.74) is 1.30. The summed E-state index contributed by atoms with van der Waals surface area (Å²) in [4.78, 5) is 0. The van der Waals surface area contributed by atoms with Gasteiger partial charge in [-0.25, -0.2) is 0 Å². The molecule has 1 aromatic carbocycles. The number of hydrogen-bond donors (Lipinski definition) is 0. The molecular formula is C11H13ClN2S. The van der Waals surface area contributed by atoms with Crippen molar-refractivity contribution in [2.45, 2.75) is 20.4 Å². The molecule has 0 radical (unpaired) electrons. The Kier molecular flexibility index (Phi) is 4.24. The maximum Gasteiger partial charge on any atom is 0.262 e. The van der Waals surface area contributed by atoms with Crippen molar-refractivity contribution in [2.24, 2.45) is 0 Å². The highest BCUT2D eigenvalue weighted by molar-refractivity contribution is 7.10. The molecular weight excluding hydrogens is 228 g/mol. The molecule has 0 aliphatic carbocycles. The van der Waals surface area contributed by atoms with Crippen LogP contribution >= 0.6 is 11.3 Å². The number of hydrogen-bond acceptors (Lipinski definition) is 2. The standard InChI is InChI=1S/C11H13N2S.ClH/c1-9-12-13(10(2)14-9)8-11-6-4-3-5-7-11;/h3-7H,8H2,1-2H3;1H/q+1;/p-1. The Morgan fingerprint density at radius 1 is 1.20 bits per heavy atom. The Balaban J connectivity index is 0.00000112. The lowest BCUT2D eigenvalue weighted by Gasteiger charge is -1.92. The predicted molar refractivity (Wildman–Crippen MR) is 57.3 cm³/mol. The first kappa shape index (κ1) is 12.1. The highest BCUT2D eigenvalue weighted by Crippen LogP contribution is 2.05. The molecule has 4 heteroatoms. The van der Waals surface area contributed by atoms with Gasteiger partial charge in [0, 0.05) is 17.6 Å². The molecule has 0 saturated carbocycles. The van der Waals surface area contributed by atoms with Crippen molar-refractivity contribution < 1.29 is 17.1 Å². The van der Waals surface area contributed by atoms with Crippen LogP contribution in [0.1, 0.15) is 15.6 Å². The summed E-state index contributed by atoms with van der Waals surface area (Å²) in [6.07, 6.45) is 0. The van der Waals surface area contributed by atoms with Crippen LogP contribution in [-0.4, -0.2) is 5.10 Å². The lowest BCUT2D eigenvalue weighted by molar-refractivity contribution is -0.746. The van der Waals surface area contributed by atoms with Gasteiger partial charge in [-0.2, -0.15) is 0 Å². The minimum Gasteiger partial charge on any atom is -1.00 e. The van der Waals surface area contributed by atoms with E-state index in [0.29, 0.717) is 0 Å². The van der Waals surface area contributed by atoms with Gasteiger partial charge in [-0.15, -0.1) is 0 Å². The molecule has 80 valence electrons. The summed E-state index contributed by atoms with van der Waals surface area (Å²) in [6, 6.07) is 10.4. The first-order chi connectivity index (χ1) is 6.75. The number of aryl methyl sites for hydroxylation is 2.